The monoisotopic (exact) mass is 460 g/mol. The number of anilines is 2. The van der Waals surface area contributed by atoms with E-state index < -0.39 is 17.7 Å². The van der Waals surface area contributed by atoms with E-state index in [0.717, 1.165) is 23.5 Å². The number of amides is 2. The summed E-state index contributed by atoms with van der Waals surface area (Å²) in [6.45, 7) is 1.75. The predicted octanol–water partition coefficient (Wildman–Crippen LogP) is 5.81. The maximum atomic E-state index is 13.2. The Morgan fingerprint density at radius 3 is 2.56 bits per heavy atom. The third-order valence-electron chi connectivity index (χ3n) is 5.35. The number of methoxy groups -OCH3 is 1. The van der Waals surface area contributed by atoms with E-state index in [0.29, 0.717) is 38.0 Å². The quantitative estimate of drug-likeness (QED) is 0.516. The fourth-order valence-corrected chi connectivity index (χ4v) is 4.98. The molecule has 0 saturated heterocycles. The maximum absolute atomic E-state index is 13.2. The van der Waals surface area contributed by atoms with Gasteiger partial charge in [-0.25, -0.2) is 0 Å². The molecular formula is C23H19F3N2O3S. The van der Waals surface area contributed by atoms with E-state index in [-0.39, 0.29) is 18.2 Å². The smallest absolute Gasteiger partial charge is 0.416 e. The van der Waals surface area contributed by atoms with Gasteiger partial charge in [-0.1, -0.05) is 18.2 Å². The zero-order valence-corrected chi connectivity index (χ0v) is 18.0. The van der Waals surface area contributed by atoms with Crippen LogP contribution >= 0.6 is 11.3 Å². The minimum Gasteiger partial charge on any atom is -0.497 e. The van der Waals surface area contributed by atoms with Gasteiger partial charge in [-0.2, -0.15) is 13.2 Å². The molecule has 1 unspecified atom stereocenters. The molecule has 0 bridgehead atoms. The van der Waals surface area contributed by atoms with Crippen LogP contribution < -0.4 is 15.4 Å². The van der Waals surface area contributed by atoms with Gasteiger partial charge in [-0.05, 0) is 53.9 Å². The van der Waals surface area contributed by atoms with Crippen LogP contribution in [0.25, 0.3) is 0 Å². The number of carbonyl (C=O) groups is 2. The molecule has 5 nitrogen and oxygen atoms in total. The maximum Gasteiger partial charge on any atom is 0.416 e. The number of hydrogen-bond acceptors (Lipinski definition) is 4. The second-order valence-electron chi connectivity index (χ2n) is 7.41. The lowest BCUT2D eigenvalue weighted by Gasteiger charge is -2.24. The number of benzene rings is 2. The average Bonchev–Trinajstić information content (AvgIpc) is 3.09. The first-order chi connectivity index (χ1) is 15.2. The number of thiophene rings is 1. The fraction of sp³-hybridized carbons (Fsp3) is 0.217. The number of halogens is 3. The zero-order valence-electron chi connectivity index (χ0n) is 17.2. The van der Waals surface area contributed by atoms with Gasteiger partial charge < -0.3 is 15.4 Å². The van der Waals surface area contributed by atoms with E-state index in [2.05, 4.69) is 10.6 Å². The van der Waals surface area contributed by atoms with E-state index in [1.807, 2.05) is 0 Å². The molecule has 1 aromatic heterocycles. The van der Waals surface area contributed by atoms with Gasteiger partial charge in [0.15, 0.2) is 0 Å². The largest absolute Gasteiger partial charge is 0.497 e. The van der Waals surface area contributed by atoms with Gasteiger partial charge in [0.2, 0.25) is 5.91 Å². The Morgan fingerprint density at radius 1 is 1.19 bits per heavy atom. The third kappa shape index (κ3) is 4.20. The molecule has 32 heavy (non-hydrogen) atoms. The Hall–Kier alpha value is -3.33. The Bertz CT molecular complexity index is 1190. The minimum atomic E-state index is -4.48. The van der Waals surface area contributed by atoms with Crippen molar-refractivity contribution in [2.24, 2.45) is 0 Å². The van der Waals surface area contributed by atoms with Crippen LogP contribution in [0.5, 0.6) is 5.75 Å². The van der Waals surface area contributed by atoms with Crippen molar-refractivity contribution in [3.05, 3.63) is 75.7 Å². The van der Waals surface area contributed by atoms with Crippen LogP contribution in [-0.4, -0.2) is 18.9 Å². The van der Waals surface area contributed by atoms with Crippen molar-refractivity contribution in [1.82, 2.24) is 0 Å². The van der Waals surface area contributed by atoms with Crippen molar-refractivity contribution >= 4 is 33.8 Å². The van der Waals surface area contributed by atoms with Crippen LogP contribution in [0.1, 0.15) is 44.3 Å². The predicted molar refractivity (Wildman–Crippen MR) is 117 cm³/mol. The summed E-state index contributed by atoms with van der Waals surface area (Å²) in [6, 6.07) is 11.8. The number of alkyl halides is 3. The molecule has 0 aliphatic carbocycles. The molecule has 2 amide bonds. The highest BCUT2D eigenvalue weighted by Gasteiger charge is 2.35. The highest BCUT2D eigenvalue weighted by Crippen LogP contribution is 2.46. The van der Waals surface area contributed by atoms with E-state index in [1.165, 1.54) is 6.07 Å². The molecule has 4 rings (SSSR count). The lowest BCUT2D eigenvalue weighted by Crippen LogP contribution is -2.23. The summed E-state index contributed by atoms with van der Waals surface area (Å²) in [7, 11) is 1.54. The summed E-state index contributed by atoms with van der Waals surface area (Å²) in [4.78, 5) is 25.6. The molecule has 1 aliphatic rings. The molecule has 166 valence electrons. The van der Waals surface area contributed by atoms with Gasteiger partial charge in [-0.3, -0.25) is 9.59 Å². The van der Waals surface area contributed by atoms with Crippen LogP contribution in [0.2, 0.25) is 0 Å². The minimum absolute atomic E-state index is 0.00538. The van der Waals surface area contributed by atoms with Gasteiger partial charge in [0, 0.05) is 18.0 Å². The van der Waals surface area contributed by atoms with Crippen LogP contribution in [0.4, 0.5) is 23.9 Å². The normalized spacial score (nSPS) is 15.7. The van der Waals surface area contributed by atoms with E-state index >= 15 is 0 Å². The lowest BCUT2D eigenvalue weighted by molar-refractivity contribution is -0.137. The Labute approximate surface area is 186 Å². The van der Waals surface area contributed by atoms with Crippen molar-refractivity contribution in [1.29, 1.82) is 0 Å². The number of hydrogen-bond donors (Lipinski definition) is 2. The van der Waals surface area contributed by atoms with Crippen LogP contribution in [-0.2, 0) is 11.0 Å². The SMILES string of the molecule is COc1ccc(NC(=O)c2sc3c(c2C)C(c2cccc(C(F)(F)F)c2)CC(=O)N3)cc1. The van der Waals surface area contributed by atoms with Crippen LogP contribution in [0.15, 0.2) is 48.5 Å². The highest BCUT2D eigenvalue weighted by atomic mass is 32.1. The zero-order chi connectivity index (χ0) is 23.0. The number of ether oxygens (including phenoxy) is 1. The summed E-state index contributed by atoms with van der Waals surface area (Å²) in [5, 5.41) is 6.06. The molecule has 2 N–H and O–H groups in total. The average molecular weight is 460 g/mol. The summed E-state index contributed by atoms with van der Waals surface area (Å²) in [6.07, 6.45) is -4.48. The Balaban J connectivity index is 1.69. The highest BCUT2D eigenvalue weighted by molar-refractivity contribution is 7.18. The van der Waals surface area contributed by atoms with Crippen LogP contribution in [0.3, 0.4) is 0 Å². The van der Waals surface area contributed by atoms with Crippen molar-refractivity contribution in [3.8, 4) is 5.75 Å². The topological polar surface area (TPSA) is 67.4 Å². The number of carbonyl (C=O) groups excluding carboxylic acids is 2. The third-order valence-corrected chi connectivity index (χ3v) is 6.58. The van der Waals surface area contributed by atoms with Gasteiger partial charge in [-0.15, -0.1) is 11.3 Å². The second-order valence-corrected chi connectivity index (χ2v) is 8.43. The molecule has 2 aromatic carbocycles. The second kappa shape index (κ2) is 8.31. The summed E-state index contributed by atoms with van der Waals surface area (Å²) in [5.74, 6) is -0.579. The standard InChI is InChI=1S/C23H19F3N2O3S/c1-12-19-17(13-4-3-5-14(10-13)23(24,25)26)11-18(29)28-22(19)32-20(12)21(30)27-15-6-8-16(31-2)9-7-15/h3-10,17H,11H2,1-2H3,(H,27,30)(H,28,29). The molecule has 2 heterocycles. The van der Waals surface area contributed by atoms with Crippen molar-refractivity contribution in [3.63, 3.8) is 0 Å². The van der Waals surface area contributed by atoms with Crippen LogP contribution in [0, 0.1) is 6.92 Å². The molecule has 0 fully saturated rings. The first-order valence-corrected chi connectivity index (χ1v) is 10.5. The number of nitrogens with one attached hydrogen (secondary N) is 2. The summed E-state index contributed by atoms with van der Waals surface area (Å²) < 4.78 is 44.7. The molecule has 1 aliphatic heterocycles. The van der Waals surface area contributed by atoms with Gasteiger partial charge in [0.1, 0.15) is 5.75 Å². The summed E-state index contributed by atoms with van der Waals surface area (Å²) >= 11 is 1.12. The molecule has 0 radical (unpaired) electrons. The van der Waals surface area contributed by atoms with E-state index in [1.54, 1.807) is 44.4 Å². The molecular weight excluding hydrogens is 441 g/mol. The summed E-state index contributed by atoms with van der Waals surface area (Å²) in [5.41, 5.74) is 1.50. The first-order valence-electron chi connectivity index (χ1n) is 9.73. The molecule has 9 heteroatoms. The number of rotatable bonds is 4. The van der Waals surface area contributed by atoms with Crippen molar-refractivity contribution in [2.45, 2.75) is 25.4 Å². The Kier molecular flexibility index (Phi) is 5.68. The van der Waals surface area contributed by atoms with Crippen molar-refractivity contribution < 1.29 is 27.5 Å². The Morgan fingerprint density at radius 2 is 1.91 bits per heavy atom. The first kappa shape index (κ1) is 21.9. The van der Waals surface area contributed by atoms with Gasteiger partial charge in [0.25, 0.3) is 5.91 Å². The van der Waals surface area contributed by atoms with E-state index in [9.17, 15) is 22.8 Å². The van der Waals surface area contributed by atoms with Crippen molar-refractivity contribution in [2.75, 3.05) is 17.7 Å². The van der Waals surface area contributed by atoms with E-state index in [4.69, 9.17) is 4.74 Å². The number of fused-ring (bicyclic) bond motifs is 1. The molecule has 0 spiro atoms. The van der Waals surface area contributed by atoms with Gasteiger partial charge in [0.05, 0.1) is 22.6 Å². The lowest BCUT2D eigenvalue weighted by atomic mass is 9.84. The molecule has 3 aromatic rings. The molecule has 0 saturated carbocycles. The van der Waals surface area contributed by atoms with Gasteiger partial charge >= 0.3 is 6.18 Å². The molecule has 1 atom stereocenters. The fourth-order valence-electron chi connectivity index (χ4n) is 3.80.